The van der Waals surface area contributed by atoms with Gasteiger partial charge in [0.15, 0.2) is 6.10 Å². The molecule has 0 aliphatic carbocycles. The van der Waals surface area contributed by atoms with Crippen LogP contribution in [-0.4, -0.2) is 54.3 Å². The van der Waals surface area contributed by atoms with Crippen molar-refractivity contribution in [1.82, 2.24) is 0 Å². The Hall–Kier alpha value is -3.79. The van der Waals surface area contributed by atoms with Crippen molar-refractivity contribution in [3.05, 3.63) is 65.5 Å². The fourth-order valence-corrected chi connectivity index (χ4v) is 3.15. The molecular weight excluding hydrogens is 425 g/mol. The Bertz CT molecular complexity index is 1030. The standard InChI is InChI=1S/C22H20FNO8/c1-13(25)32-19(21(27)28)18-20(26)24(7-8-30-18)17-10-15(9-16(23)11-17)22(29)31-12-14-5-3-2-4-6-14/h2-6,9-11,18-19H,7-8,12H2,1H3,(H,27,28)/t18-,19-/m1/s1. The van der Waals surface area contributed by atoms with Crippen LogP contribution < -0.4 is 4.90 Å². The Labute approximate surface area is 182 Å². The van der Waals surface area contributed by atoms with Crippen LogP contribution >= 0.6 is 0 Å². The van der Waals surface area contributed by atoms with Crippen molar-refractivity contribution in [2.75, 3.05) is 18.1 Å². The number of carboxylic acid groups (broad SMARTS) is 1. The van der Waals surface area contributed by atoms with Gasteiger partial charge < -0.3 is 24.2 Å². The van der Waals surface area contributed by atoms with E-state index in [1.54, 1.807) is 24.3 Å². The van der Waals surface area contributed by atoms with Gasteiger partial charge in [-0.05, 0) is 23.8 Å². The molecule has 0 saturated carbocycles. The number of rotatable bonds is 7. The van der Waals surface area contributed by atoms with Gasteiger partial charge in [-0.3, -0.25) is 9.59 Å². The van der Waals surface area contributed by atoms with Crippen molar-refractivity contribution in [3.63, 3.8) is 0 Å². The van der Waals surface area contributed by atoms with E-state index in [1.807, 2.05) is 6.07 Å². The molecule has 10 heteroatoms. The third kappa shape index (κ3) is 5.46. The molecule has 2 aromatic carbocycles. The van der Waals surface area contributed by atoms with Gasteiger partial charge in [0, 0.05) is 19.2 Å². The first-order valence-corrected chi connectivity index (χ1v) is 9.61. The lowest BCUT2D eigenvalue weighted by atomic mass is 10.1. The minimum atomic E-state index is -1.87. The van der Waals surface area contributed by atoms with Gasteiger partial charge in [0.2, 0.25) is 6.10 Å². The number of esters is 2. The molecule has 1 amide bonds. The van der Waals surface area contributed by atoms with Gasteiger partial charge >= 0.3 is 17.9 Å². The molecule has 2 aromatic rings. The summed E-state index contributed by atoms with van der Waals surface area (Å²) in [7, 11) is 0. The van der Waals surface area contributed by atoms with Crippen LogP contribution in [0.3, 0.4) is 0 Å². The Morgan fingerprint density at radius 1 is 1.22 bits per heavy atom. The van der Waals surface area contributed by atoms with Gasteiger partial charge in [0.1, 0.15) is 12.4 Å². The molecule has 1 heterocycles. The van der Waals surface area contributed by atoms with Crippen molar-refractivity contribution < 1.29 is 42.9 Å². The highest BCUT2D eigenvalue weighted by atomic mass is 19.1. The van der Waals surface area contributed by atoms with E-state index in [-0.39, 0.29) is 31.0 Å². The first-order valence-electron chi connectivity index (χ1n) is 9.61. The van der Waals surface area contributed by atoms with Crippen molar-refractivity contribution in [2.45, 2.75) is 25.7 Å². The fraction of sp³-hybridized carbons (Fsp3) is 0.273. The second-order valence-electron chi connectivity index (χ2n) is 6.91. The van der Waals surface area contributed by atoms with Crippen LogP contribution in [0.15, 0.2) is 48.5 Å². The van der Waals surface area contributed by atoms with Crippen LogP contribution in [-0.2, 0) is 35.2 Å². The number of carbonyl (C=O) groups is 4. The van der Waals surface area contributed by atoms with E-state index in [0.29, 0.717) is 0 Å². The number of morpholine rings is 1. The number of halogens is 1. The number of ether oxygens (including phenoxy) is 3. The van der Waals surface area contributed by atoms with Crippen LogP contribution in [0.1, 0.15) is 22.8 Å². The molecule has 0 radical (unpaired) electrons. The molecule has 32 heavy (non-hydrogen) atoms. The largest absolute Gasteiger partial charge is 0.478 e. The topological polar surface area (TPSA) is 119 Å². The zero-order valence-electron chi connectivity index (χ0n) is 17.0. The molecule has 0 spiro atoms. The summed E-state index contributed by atoms with van der Waals surface area (Å²) in [4.78, 5) is 49.0. The molecule has 0 unspecified atom stereocenters. The van der Waals surface area contributed by atoms with E-state index < -0.39 is 41.8 Å². The van der Waals surface area contributed by atoms with E-state index in [1.165, 1.54) is 6.07 Å². The number of hydrogen-bond donors (Lipinski definition) is 1. The van der Waals surface area contributed by atoms with Gasteiger partial charge in [0.25, 0.3) is 5.91 Å². The average molecular weight is 445 g/mol. The lowest BCUT2D eigenvalue weighted by Crippen LogP contribution is -2.55. The van der Waals surface area contributed by atoms with Crippen LogP contribution in [0.4, 0.5) is 10.1 Å². The number of carboxylic acids is 1. The number of amides is 1. The number of hydrogen-bond acceptors (Lipinski definition) is 7. The molecule has 1 N–H and O–H groups in total. The van der Waals surface area contributed by atoms with Crippen molar-refractivity contribution in [3.8, 4) is 0 Å². The lowest BCUT2D eigenvalue weighted by molar-refractivity contribution is -0.177. The number of benzene rings is 2. The molecule has 2 atom stereocenters. The molecule has 9 nitrogen and oxygen atoms in total. The Morgan fingerprint density at radius 2 is 1.94 bits per heavy atom. The quantitative estimate of drug-likeness (QED) is 0.642. The first-order chi connectivity index (χ1) is 15.3. The van der Waals surface area contributed by atoms with E-state index in [4.69, 9.17) is 14.2 Å². The smallest absolute Gasteiger partial charge is 0.348 e. The Kier molecular flexibility index (Phi) is 7.16. The molecule has 168 valence electrons. The highest BCUT2D eigenvalue weighted by molar-refractivity contribution is 6.01. The second kappa shape index (κ2) is 10.0. The van der Waals surface area contributed by atoms with Crippen LogP contribution in [0.25, 0.3) is 0 Å². The van der Waals surface area contributed by atoms with Crippen molar-refractivity contribution in [2.24, 2.45) is 0 Å². The molecule has 1 aliphatic rings. The van der Waals surface area contributed by atoms with E-state index in [9.17, 15) is 28.7 Å². The summed E-state index contributed by atoms with van der Waals surface area (Å²) in [6.07, 6.45) is -3.49. The number of nitrogens with zero attached hydrogens (tertiary/aromatic N) is 1. The predicted octanol–water partition coefficient (Wildman–Crippen LogP) is 1.93. The Morgan fingerprint density at radius 3 is 2.59 bits per heavy atom. The monoisotopic (exact) mass is 445 g/mol. The van der Waals surface area contributed by atoms with Crippen molar-refractivity contribution in [1.29, 1.82) is 0 Å². The van der Waals surface area contributed by atoms with Crippen LogP contribution in [0, 0.1) is 5.82 Å². The Balaban J connectivity index is 1.80. The van der Waals surface area contributed by atoms with E-state index in [0.717, 1.165) is 29.5 Å². The predicted molar refractivity (Wildman–Crippen MR) is 107 cm³/mol. The highest BCUT2D eigenvalue weighted by Crippen LogP contribution is 2.24. The molecule has 1 aliphatic heterocycles. The molecule has 1 fully saturated rings. The normalized spacial score (nSPS) is 16.9. The van der Waals surface area contributed by atoms with Crippen molar-refractivity contribution >= 4 is 29.5 Å². The number of anilines is 1. The SMILES string of the molecule is CC(=O)O[C@@H](C(=O)O)[C@H]1OCCN(c2cc(F)cc(C(=O)OCc3ccccc3)c2)C1=O. The van der Waals surface area contributed by atoms with E-state index >= 15 is 0 Å². The summed E-state index contributed by atoms with van der Waals surface area (Å²) in [5.41, 5.74) is 0.636. The van der Waals surface area contributed by atoms with Gasteiger partial charge in [0.05, 0.1) is 12.2 Å². The maximum Gasteiger partial charge on any atom is 0.348 e. The van der Waals surface area contributed by atoms with Gasteiger partial charge in [-0.25, -0.2) is 14.0 Å². The molecule has 0 aromatic heterocycles. The maximum absolute atomic E-state index is 14.2. The summed E-state index contributed by atoms with van der Waals surface area (Å²) in [6, 6.07) is 12.2. The van der Waals surface area contributed by atoms with Gasteiger partial charge in [-0.1, -0.05) is 30.3 Å². The summed E-state index contributed by atoms with van der Waals surface area (Å²) < 4.78 is 29.4. The number of carbonyl (C=O) groups excluding carboxylic acids is 3. The van der Waals surface area contributed by atoms with Gasteiger partial charge in [-0.2, -0.15) is 0 Å². The minimum absolute atomic E-state index is 0.0157. The third-order valence-corrected chi connectivity index (χ3v) is 4.58. The zero-order chi connectivity index (χ0) is 23.3. The molecule has 3 rings (SSSR count). The highest BCUT2D eigenvalue weighted by Gasteiger charge is 2.42. The van der Waals surface area contributed by atoms with Crippen LogP contribution in [0.5, 0.6) is 0 Å². The minimum Gasteiger partial charge on any atom is -0.478 e. The zero-order valence-corrected chi connectivity index (χ0v) is 17.0. The molecular formula is C22H20FNO8. The lowest BCUT2D eigenvalue weighted by Gasteiger charge is -2.34. The fourth-order valence-electron chi connectivity index (χ4n) is 3.15. The van der Waals surface area contributed by atoms with Crippen LogP contribution in [0.2, 0.25) is 0 Å². The second-order valence-corrected chi connectivity index (χ2v) is 6.91. The maximum atomic E-state index is 14.2. The molecule has 0 bridgehead atoms. The van der Waals surface area contributed by atoms with E-state index in [2.05, 4.69) is 0 Å². The first kappa shape index (κ1) is 22.9. The van der Waals surface area contributed by atoms with Gasteiger partial charge in [-0.15, -0.1) is 0 Å². The number of aliphatic carboxylic acids is 1. The molecule has 1 saturated heterocycles. The summed E-state index contributed by atoms with van der Waals surface area (Å²) >= 11 is 0. The third-order valence-electron chi connectivity index (χ3n) is 4.58. The average Bonchev–Trinajstić information content (AvgIpc) is 2.76. The summed E-state index contributed by atoms with van der Waals surface area (Å²) in [6.45, 7) is 0.864. The summed E-state index contributed by atoms with van der Waals surface area (Å²) in [5.74, 6) is -4.90. The summed E-state index contributed by atoms with van der Waals surface area (Å²) in [5, 5.41) is 9.31.